The molecular formula is C24H48O8. The second-order valence-electron chi connectivity index (χ2n) is 8.80. The van der Waals surface area contributed by atoms with Crippen LogP contribution in [0.5, 0.6) is 0 Å². The molecule has 32 heavy (non-hydrogen) atoms. The SMILES string of the molecule is CCCCCCCCCCCCCCCCCC(=O)OC(O)[C@H](O)[C@H](O)[C@H](O)[C@@H](O)CO. The zero-order valence-electron chi connectivity index (χ0n) is 19.9. The Morgan fingerprint density at radius 2 is 1.03 bits per heavy atom. The molecule has 0 bridgehead atoms. The van der Waals surface area contributed by atoms with E-state index in [0.717, 1.165) is 19.3 Å². The maximum Gasteiger partial charge on any atom is 0.308 e. The van der Waals surface area contributed by atoms with E-state index in [0.29, 0.717) is 6.42 Å². The first-order valence-corrected chi connectivity index (χ1v) is 12.6. The molecule has 0 aliphatic rings. The molecule has 6 N–H and O–H groups in total. The molecule has 0 spiro atoms. The predicted octanol–water partition coefficient (Wildman–Crippen LogP) is 2.55. The number of unbranched alkanes of at least 4 members (excludes halogenated alkanes) is 14. The lowest BCUT2D eigenvalue weighted by molar-refractivity contribution is -0.213. The van der Waals surface area contributed by atoms with Crippen molar-refractivity contribution in [3.05, 3.63) is 0 Å². The van der Waals surface area contributed by atoms with E-state index in [4.69, 9.17) is 5.11 Å². The molecule has 0 heterocycles. The number of esters is 1. The van der Waals surface area contributed by atoms with Gasteiger partial charge in [0, 0.05) is 6.42 Å². The number of hydrogen-bond donors (Lipinski definition) is 6. The Labute approximate surface area is 193 Å². The Balaban J connectivity index is 3.61. The van der Waals surface area contributed by atoms with Crippen LogP contribution in [0.2, 0.25) is 0 Å². The maximum absolute atomic E-state index is 11.7. The monoisotopic (exact) mass is 464 g/mol. The van der Waals surface area contributed by atoms with Gasteiger partial charge in [0.05, 0.1) is 6.61 Å². The van der Waals surface area contributed by atoms with Gasteiger partial charge in [0.25, 0.3) is 0 Å². The lowest BCUT2D eigenvalue weighted by Crippen LogP contribution is -2.50. The lowest BCUT2D eigenvalue weighted by atomic mass is 10.0. The zero-order valence-corrected chi connectivity index (χ0v) is 19.9. The van der Waals surface area contributed by atoms with E-state index in [1.165, 1.54) is 70.6 Å². The van der Waals surface area contributed by atoms with Crippen LogP contribution < -0.4 is 0 Å². The van der Waals surface area contributed by atoms with Gasteiger partial charge in [-0.3, -0.25) is 4.79 Å². The summed E-state index contributed by atoms with van der Waals surface area (Å²) in [6, 6.07) is 0. The molecule has 0 aromatic heterocycles. The minimum Gasteiger partial charge on any atom is -0.433 e. The molecule has 0 amide bonds. The summed E-state index contributed by atoms with van der Waals surface area (Å²) in [5, 5.41) is 56.6. The lowest BCUT2D eigenvalue weighted by Gasteiger charge is -2.28. The first kappa shape index (κ1) is 31.2. The fraction of sp³-hybridized carbons (Fsp3) is 0.958. The third-order valence-electron chi connectivity index (χ3n) is 5.81. The standard InChI is InChI=1S/C24H48O8/c1-2-3-4-5-6-7-8-9-10-11-12-13-14-15-16-17-20(27)32-24(31)23(30)22(29)21(28)19(26)18-25/h19,21-26,28-31H,2-18H2,1H3/t19-,21+,22+,23+,24?/m0/s1. The molecular weight excluding hydrogens is 416 g/mol. The van der Waals surface area contributed by atoms with E-state index in [-0.39, 0.29) is 6.42 Å². The Kier molecular flexibility index (Phi) is 20.3. The molecule has 0 aliphatic heterocycles. The summed E-state index contributed by atoms with van der Waals surface area (Å²) in [6.07, 6.45) is 8.65. The van der Waals surface area contributed by atoms with E-state index in [1.807, 2.05) is 0 Å². The molecule has 5 atom stereocenters. The van der Waals surface area contributed by atoms with Crippen molar-refractivity contribution >= 4 is 5.97 Å². The molecule has 0 aromatic carbocycles. The topological polar surface area (TPSA) is 148 Å². The average molecular weight is 465 g/mol. The van der Waals surface area contributed by atoms with E-state index in [9.17, 15) is 30.3 Å². The van der Waals surface area contributed by atoms with Crippen LogP contribution in [0.1, 0.15) is 110 Å². The van der Waals surface area contributed by atoms with Crippen molar-refractivity contribution in [1.29, 1.82) is 0 Å². The molecule has 0 aromatic rings. The summed E-state index contributed by atoms with van der Waals surface area (Å²) < 4.78 is 4.67. The number of hydrogen-bond acceptors (Lipinski definition) is 8. The summed E-state index contributed by atoms with van der Waals surface area (Å²) in [4.78, 5) is 11.7. The van der Waals surface area contributed by atoms with Crippen molar-refractivity contribution < 1.29 is 40.2 Å². The van der Waals surface area contributed by atoms with Crippen molar-refractivity contribution in [3.63, 3.8) is 0 Å². The van der Waals surface area contributed by atoms with Gasteiger partial charge in [-0.25, -0.2) is 0 Å². The van der Waals surface area contributed by atoms with Gasteiger partial charge in [-0.15, -0.1) is 0 Å². The summed E-state index contributed by atoms with van der Waals surface area (Å²) in [7, 11) is 0. The molecule has 0 saturated carbocycles. The third kappa shape index (κ3) is 15.9. The smallest absolute Gasteiger partial charge is 0.308 e. The highest BCUT2D eigenvalue weighted by Crippen LogP contribution is 2.15. The second-order valence-corrected chi connectivity index (χ2v) is 8.80. The predicted molar refractivity (Wildman–Crippen MR) is 123 cm³/mol. The van der Waals surface area contributed by atoms with Gasteiger partial charge in [-0.2, -0.15) is 0 Å². The van der Waals surface area contributed by atoms with Crippen molar-refractivity contribution in [2.24, 2.45) is 0 Å². The Morgan fingerprint density at radius 3 is 1.44 bits per heavy atom. The van der Waals surface area contributed by atoms with E-state index in [1.54, 1.807) is 0 Å². The van der Waals surface area contributed by atoms with Crippen LogP contribution in [0.15, 0.2) is 0 Å². The Hall–Kier alpha value is -0.770. The van der Waals surface area contributed by atoms with Crippen molar-refractivity contribution in [2.45, 2.75) is 140 Å². The van der Waals surface area contributed by atoms with E-state index in [2.05, 4.69) is 11.7 Å². The molecule has 0 aliphatic carbocycles. The fourth-order valence-electron chi connectivity index (χ4n) is 3.61. The number of rotatable bonds is 22. The molecule has 8 heteroatoms. The van der Waals surface area contributed by atoms with Crippen LogP contribution in [0.4, 0.5) is 0 Å². The minimum absolute atomic E-state index is 0.0833. The summed E-state index contributed by atoms with van der Waals surface area (Å²) in [6.45, 7) is 1.41. The highest BCUT2D eigenvalue weighted by molar-refractivity contribution is 5.69. The summed E-state index contributed by atoms with van der Waals surface area (Å²) in [5.41, 5.74) is 0. The number of ether oxygens (including phenoxy) is 1. The van der Waals surface area contributed by atoms with E-state index < -0.39 is 43.3 Å². The van der Waals surface area contributed by atoms with Gasteiger partial charge in [0.1, 0.15) is 24.4 Å². The first-order valence-electron chi connectivity index (χ1n) is 12.6. The zero-order chi connectivity index (χ0) is 24.2. The van der Waals surface area contributed by atoms with Crippen molar-refractivity contribution in [2.75, 3.05) is 6.61 Å². The number of carbonyl (C=O) groups excluding carboxylic acids is 1. The molecule has 0 rings (SSSR count). The highest BCUT2D eigenvalue weighted by atomic mass is 16.6. The minimum atomic E-state index is -2.03. The van der Waals surface area contributed by atoms with Gasteiger partial charge >= 0.3 is 5.97 Å². The molecule has 0 saturated heterocycles. The van der Waals surface area contributed by atoms with Crippen molar-refractivity contribution in [3.8, 4) is 0 Å². The van der Waals surface area contributed by atoms with Gasteiger partial charge in [-0.05, 0) is 6.42 Å². The van der Waals surface area contributed by atoms with Gasteiger partial charge in [0.2, 0.25) is 6.29 Å². The second kappa shape index (κ2) is 20.8. The van der Waals surface area contributed by atoms with Crippen LogP contribution in [0.3, 0.4) is 0 Å². The third-order valence-corrected chi connectivity index (χ3v) is 5.81. The Bertz CT molecular complexity index is 434. The molecule has 192 valence electrons. The summed E-state index contributed by atoms with van der Waals surface area (Å²) >= 11 is 0. The van der Waals surface area contributed by atoms with Crippen LogP contribution in [0.25, 0.3) is 0 Å². The van der Waals surface area contributed by atoms with Gasteiger partial charge in [0.15, 0.2) is 0 Å². The van der Waals surface area contributed by atoms with Gasteiger partial charge in [-0.1, -0.05) is 96.8 Å². The number of carbonyl (C=O) groups is 1. The summed E-state index contributed by atoms with van der Waals surface area (Å²) in [5.74, 6) is -0.712. The number of aliphatic hydroxyl groups is 6. The first-order chi connectivity index (χ1) is 15.3. The largest absolute Gasteiger partial charge is 0.433 e. The molecule has 1 unspecified atom stereocenters. The highest BCUT2D eigenvalue weighted by Gasteiger charge is 2.35. The quantitative estimate of drug-likeness (QED) is 0.0813. The number of aliphatic hydroxyl groups excluding tert-OH is 6. The molecule has 0 fully saturated rings. The van der Waals surface area contributed by atoms with Crippen LogP contribution >= 0.6 is 0 Å². The molecule has 8 nitrogen and oxygen atoms in total. The maximum atomic E-state index is 11.7. The Morgan fingerprint density at radius 1 is 0.625 bits per heavy atom. The van der Waals surface area contributed by atoms with Crippen LogP contribution in [-0.2, 0) is 9.53 Å². The fourth-order valence-corrected chi connectivity index (χ4v) is 3.61. The van der Waals surface area contributed by atoms with Gasteiger partial charge < -0.3 is 35.4 Å². The van der Waals surface area contributed by atoms with Crippen LogP contribution in [-0.4, -0.2) is 73.9 Å². The van der Waals surface area contributed by atoms with E-state index >= 15 is 0 Å². The normalized spacial score (nSPS) is 16.3. The average Bonchev–Trinajstić information content (AvgIpc) is 2.79. The van der Waals surface area contributed by atoms with Crippen LogP contribution in [0, 0.1) is 0 Å². The van der Waals surface area contributed by atoms with Crippen molar-refractivity contribution in [1.82, 2.24) is 0 Å². The molecule has 0 radical (unpaired) electrons.